The van der Waals surface area contributed by atoms with E-state index in [2.05, 4.69) is 9.97 Å². The monoisotopic (exact) mass is 139 g/mol. The summed E-state index contributed by atoms with van der Waals surface area (Å²) in [5.41, 5.74) is 5.03. The number of carbonyl (C=O) groups is 1. The summed E-state index contributed by atoms with van der Waals surface area (Å²) in [6.45, 7) is 1.71. The SMILES string of the molecule is CC(C(N)=O)c1ncc[nH]1. The van der Waals surface area contributed by atoms with Crippen molar-refractivity contribution in [1.82, 2.24) is 9.97 Å². The lowest BCUT2D eigenvalue weighted by Crippen LogP contribution is -2.19. The first-order valence-corrected chi connectivity index (χ1v) is 3.00. The van der Waals surface area contributed by atoms with Crippen LogP contribution in [-0.4, -0.2) is 15.9 Å². The number of nitrogens with two attached hydrogens (primary N) is 1. The largest absolute Gasteiger partial charge is 0.369 e. The molecule has 1 unspecified atom stereocenters. The fraction of sp³-hybridized carbons (Fsp3) is 0.333. The molecule has 3 N–H and O–H groups in total. The summed E-state index contributed by atoms with van der Waals surface area (Å²) in [4.78, 5) is 17.2. The van der Waals surface area contributed by atoms with Crippen LogP contribution in [0.4, 0.5) is 0 Å². The van der Waals surface area contributed by atoms with Gasteiger partial charge in [0.15, 0.2) is 0 Å². The van der Waals surface area contributed by atoms with Crippen LogP contribution in [0, 0.1) is 0 Å². The molecule has 4 nitrogen and oxygen atoms in total. The third-order valence-electron chi connectivity index (χ3n) is 1.36. The van der Waals surface area contributed by atoms with Crippen LogP contribution in [0.2, 0.25) is 0 Å². The molecule has 0 fully saturated rings. The Balaban J connectivity index is 2.77. The third-order valence-corrected chi connectivity index (χ3v) is 1.36. The van der Waals surface area contributed by atoms with Crippen LogP contribution < -0.4 is 5.73 Å². The zero-order valence-electron chi connectivity index (χ0n) is 5.66. The molecule has 0 saturated heterocycles. The van der Waals surface area contributed by atoms with E-state index in [0.717, 1.165) is 0 Å². The van der Waals surface area contributed by atoms with Crippen molar-refractivity contribution in [2.75, 3.05) is 0 Å². The Bertz CT molecular complexity index is 217. The number of hydrogen-bond donors (Lipinski definition) is 2. The number of nitrogens with one attached hydrogen (secondary N) is 1. The average Bonchev–Trinajstić information content (AvgIpc) is 2.36. The van der Waals surface area contributed by atoms with Gasteiger partial charge in [-0.25, -0.2) is 4.98 Å². The van der Waals surface area contributed by atoms with E-state index in [1.165, 1.54) is 0 Å². The predicted molar refractivity (Wildman–Crippen MR) is 36.2 cm³/mol. The first-order chi connectivity index (χ1) is 4.72. The van der Waals surface area contributed by atoms with Gasteiger partial charge in [-0.2, -0.15) is 0 Å². The van der Waals surface area contributed by atoms with Crippen LogP contribution in [0.3, 0.4) is 0 Å². The van der Waals surface area contributed by atoms with Crippen molar-refractivity contribution in [3.8, 4) is 0 Å². The molecule has 1 amide bonds. The van der Waals surface area contributed by atoms with E-state index in [9.17, 15) is 4.79 Å². The van der Waals surface area contributed by atoms with Crippen LogP contribution in [0.25, 0.3) is 0 Å². The third kappa shape index (κ3) is 1.15. The minimum Gasteiger partial charge on any atom is -0.369 e. The predicted octanol–water partition coefficient (Wildman–Crippen LogP) is -0.00150. The van der Waals surface area contributed by atoms with Crippen molar-refractivity contribution in [3.63, 3.8) is 0 Å². The molecule has 54 valence electrons. The second-order valence-electron chi connectivity index (χ2n) is 2.10. The molecule has 0 aliphatic carbocycles. The van der Waals surface area contributed by atoms with E-state index < -0.39 is 0 Å². The number of amides is 1. The summed E-state index contributed by atoms with van der Waals surface area (Å²) in [6.07, 6.45) is 3.25. The van der Waals surface area contributed by atoms with Crippen molar-refractivity contribution in [2.45, 2.75) is 12.8 Å². The van der Waals surface area contributed by atoms with Gasteiger partial charge in [0.2, 0.25) is 5.91 Å². The van der Waals surface area contributed by atoms with E-state index in [1.807, 2.05) is 0 Å². The van der Waals surface area contributed by atoms with Crippen molar-refractivity contribution in [1.29, 1.82) is 0 Å². The lowest BCUT2D eigenvalue weighted by Gasteiger charge is -2.00. The molecule has 1 aromatic heterocycles. The summed E-state index contributed by atoms with van der Waals surface area (Å²) in [7, 11) is 0. The highest BCUT2D eigenvalue weighted by Gasteiger charge is 2.12. The summed E-state index contributed by atoms with van der Waals surface area (Å²) in [5.74, 6) is -0.0718. The smallest absolute Gasteiger partial charge is 0.227 e. The van der Waals surface area contributed by atoms with Gasteiger partial charge in [0.25, 0.3) is 0 Å². The van der Waals surface area contributed by atoms with E-state index in [-0.39, 0.29) is 11.8 Å². The van der Waals surface area contributed by atoms with Gasteiger partial charge < -0.3 is 10.7 Å². The molecule has 1 heterocycles. The molecule has 0 radical (unpaired) electrons. The Morgan fingerprint density at radius 1 is 1.90 bits per heavy atom. The number of aromatic nitrogens is 2. The molecule has 0 spiro atoms. The van der Waals surface area contributed by atoms with Gasteiger partial charge in [-0.1, -0.05) is 0 Å². The molecule has 0 aliphatic heterocycles. The van der Waals surface area contributed by atoms with Crippen LogP contribution in [0.1, 0.15) is 18.7 Å². The molecular formula is C6H9N3O. The maximum absolute atomic E-state index is 10.6. The minimum absolute atomic E-state index is 0.324. The number of aromatic amines is 1. The highest BCUT2D eigenvalue weighted by Crippen LogP contribution is 2.06. The Morgan fingerprint density at radius 3 is 3.00 bits per heavy atom. The van der Waals surface area contributed by atoms with Crippen molar-refractivity contribution in [3.05, 3.63) is 18.2 Å². The Morgan fingerprint density at radius 2 is 2.60 bits per heavy atom. The van der Waals surface area contributed by atoms with Gasteiger partial charge >= 0.3 is 0 Å². The number of rotatable bonds is 2. The number of carbonyl (C=O) groups excluding carboxylic acids is 1. The van der Waals surface area contributed by atoms with Gasteiger partial charge in [-0.05, 0) is 6.92 Å². The zero-order valence-corrected chi connectivity index (χ0v) is 5.66. The average molecular weight is 139 g/mol. The summed E-state index contributed by atoms with van der Waals surface area (Å²) in [6, 6.07) is 0. The Hall–Kier alpha value is -1.32. The van der Waals surface area contributed by atoms with Gasteiger partial charge in [0.05, 0.1) is 5.92 Å². The molecule has 10 heavy (non-hydrogen) atoms. The summed E-state index contributed by atoms with van der Waals surface area (Å²) >= 11 is 0. The normalized spacial score (nSPS) is 12.9. The molecule has 0 bridgehead atoms. The number of imidazole rings is 1. The van der Waals surface area contributed by atoms with E-state index in [4.69, 9.17) is 5.73 Å². The molecule has 0 aliphatic rings. The van der Waals surface area contributed by atoms with Crippen LogP contribution in [0.5, 0.6) is 0 Å². The van der Waals surface area contributed by atoms with Crippen LogP contribution in [-0.2, 0) is 4.79 Å². The van der Waals surface area contributed by atoms with Gasteiger partial charge in [-0.3, -0.25) is 4.79 Å². The summed E-state index contributed by atoms with van der Waals surface area (Å²) < 4.78 is 0. The van der Waals surface area contributed by atoms with Crippen LogP contribution in [0.15, 0.2) is 12.4 Å². The van der Waals surface area contributed by atoms with Gasteiger partial charge in [0.1, 0.15) is 5.82 Å². The van der Waals surface area contributed by atoms with E-state index in [1.54, 1.807) is 19.3 Å². The highest BCUT2D eigenvalue weighted by atomic mass is 16.1. The standard InChI is InChI=1S/C6H9N3O/c1-4(5(7)10)6-8-2-3-9-6/h2-4H,1H3,(H2,7,10)(H,8,9). The Kier molecular flexibility index (Phi) is 1.71. The highest BCUT2D eigenvalue weighted by molar-refractivity contribution is 5.80. The number of H-pyrrole nitrogens is 1. The van der Waals surface area contributed by atoms with Crippen molar-refractivity contribution >= 4 is 5.91 Å². The van der Waals surface area contributed by atoms with E-state index >= 15 is 0 Å². The topological polar surface area (TPSA) is 71.8 Å². The van der Waals surface area contributed by atoms with Gasteiger partial charge in [0, 0.05) is 12.4 Å². The summed E-state index contributed by atoms with van der Waals surface area (Å²) in [5, 5.41) is 0. The number of primary amides is 1. The molecule has 4 heteroatoms. The fourth-order valence-electron chi connectivity index (χ4n) is 0.649. The van der Waals surface area contributed by atoms with Gasteiger partial charge in [-0.15, -0.1) is 0 Å². The lowest BCUT2D eigenvalue weighted by atomic mass is 10.1. The maximum Gasteiger partial charge on any atom is 0.227 e. The first-order valence-electron chi connectivity index (χ1n) is 3.00. The van der Waals surface area contributed by atoms with Crippen molar-refractivity contribution in [2.24, 2.45) is 5.73 Å². The lowest BCUT2D eigenvalue weighted by molar-refractivity contribution is -0.119. The van der Waals surface area contributed by atoms with Crippen molar-refractivity contribution < 1.29 is 4.79 Å². The quantitative estimate of drug-likeness (QED) is 0.605. The molecule has 0 saturated carbocycles. The van der Waals surface area contributed by atoms with E-state index in [0.29, 0.717) is 5.82 Å². The second kappa shape index (κ2) is 2.51. The Labute approximate surface area is 58.5 Å². The maximum atomic E-state index is 10.6. The molecule has 1 rings (SSSR count). The number of hydrogen-bond acceptors (Lipinski definition) is 2. The fourth-order valence-corrected chi connectivity index (χ4v) is 0.649. The molecule has 0 aromatic carbocycles. The molecule has 1 atom stereocenters. The van der Waals surface area contributed by atoms with Crippen LogP contribution >= 0.6 is 0 Å². The number of nitrogens with zero attached hydrogens (tertiary/aromatic N) is 1. The molecular weight excluding hydrogens is 130 g/mol. The zero-order chi connectivity index (χ0) is 7.56. The molecule has 1 aromatic rings. The minimum atomic E-state index is -0.366. The first kappa shape index (κ1) is 6.80. The second-order valence-corrected chi connectivity index (χ2v) is 2.10.